The Bertz CT molecular complexity index is 1170. The van der Waals surface area contributed by atoms with Gasteiger partial charge in [-0.1, -0.05) is 59.1 Å². The normalized spacial score (nSPS) is 10.8. The second kappa shape index (κ2) is 12.3. The van der Waals surface area contributed by atoms with E-state index in [1.807, 2.05) is 18.2 Å². The fourth-order valence-electron chi connectivity index (χ4n) is 2.77. The number of benzene rings is 3. The van der Waals surface area contributed by atoms with Crippen molar-refractivity contribution in [2.75, 3.05) is 5.32 Å². The molecule has 3 rings (SSSR count). The first-order chi connectivity index (χ1) is 15.9. The lowest BCUT2D eigenvalue weighted by Gasteiger charge is -2.10. The van der Waals surface area contributed by atoms with Crippen LogP contribution in [0.5, 0.6) is 5.75 Å². The first-order valence-corrected chi connectivity index (χ1v) is 11.1. The number of carbonyl (C=O) groups excluding carboxylic acids is 2. The Morgan fingerprint density at radius 3 is 2.42 bits per heavy atom. The van der Waals surface area contributed by atoms with E-state index in [2.05, 4.69) is 15.8 Å². The maximum atomic E-state index is 12.0. The molecule has 0 atom stereocenters. The minimum atomic E-state index is -0.409. The van der Waals surface area contributed by atoms with Crippen molar-refractivity contribution in [2.45, 2.75) is 19.4 Å². The van der Waals surface area contributed by atoms with E-state index in [1.165, 1.54) is 6.21 Å². The summed E-state index contributed by atoms with van der Waals surface area (Å²) in [6.45, 7) is 0.260. The zero-order chi connectivity index (χ0) is 23.6. The van der Waals surface area contributed by atoms with E-state index in [0.29, 0.717) is 32.1 Å². The smallest absolute Gasteiger partial charge is 0.240 e. The molecule has 0 saturated carbocycles. The van der Waals surface area contributed by atoms with Gasteiger partial charge in [0, 0.05) is 44.7 Å². The topological polar surface area (TPSA) is 79.8 Å². The van der Waals surface area contributed by atoms with Crippen molar-refractivity contribution in [3.63, 3.8) is 0 Å². The molecule has 0 aliphatic carbocycles. The van der Waals surface area contributed by atoms with Crippen molar-refractivity contribution in [3.8, 4) is 5.75 Å². The van der Waals surface area contributed by atoms with E-state index in [0.717, 1.165) is 5.56 Å². The van der Waals surface area contributed by atoms with Gasteiger partial charge in [0.2, 0.25) is 11.8 Å². The number of hydrogen-bond donors (Lipinski definition) is 2. The van der Waals surface area contributed by atoms with Crippen molar-refractivity contribution in [1.29, 1.82) is 0 Å². The predicted molar refractivity (Wildman–Crippen MR) is 132 cm³/mol. The molecule has 0 bridgehead atoms. The molecule has 2 N–H and O–H groups in total. The quantitative estimate of drug-likeness (QED) is 0.273. The van der Waals surface area contributed by atoms with E-state index >= 15 is 0 Å². The molecule has 0 radical (unpaired) electrons. The summed E-state index contributed by atoms with van der Waals surface area (Å²) < 4.78 is 5.85. The van der Waals surface area contributed by atoms with E-state index < -0.39 is 5.91 Å². The molecule has 0 aromatic heterocycles. The molecule has 0 aliphatic heterocycles. The number of rotatable bonds is 9. The first-order valence-electron chi connectivity index (χ1n) is 9.94. The number of nitrogens with zero attached hydrogens (tertiary/aromatic N) is 1. The standard InChI is InChI=1S/C24H20Cl3N3O3/c25-18-5-3-6-20(13-18)29-23(31)10-11-24(32)30-28-14-17-12-19(26)8-9-22(17)33-15-16-4-1-2-7-21(16)27/h1-9,12-14H,10-11,15H2,(H,29,31)(H,30,32). The second-order valence-corrected chi connectivity index (χ2v) is 8.19. The molecule has 0 unspecified atom stereocenters. The number of anilines is 1. The van der Waals surface area contributed by atoms with Gasteiger partial charge in [0.05, 0.1) is 6.21 Å². The van der Waals surface area contributed by atoms with Gasteiger partial charge in [-0.3, -0.25) is 9.59 Å². The largest absolute Gasteiger partial charge is 0.488 e. The summed E-state index contributed by atoms with van der Waals surface area (Å²) in [6.07, 6.45) is 1.39. The zero-order valence-electron chi connectivity index (χ0n) is 17.4. The van der Waals surface area contributed by atoms with E-state index in [4.69, 9.17) is 39.5 Å². The van der Waals surface area contributed by atoms with Crippen molar-refractivity contribution in [1.82, 2.24) is 5.43 Å². The molecule has 3 aromatic rings. The van der Waals surface area contributed by atoms with Crippen LogP contribution in [0.2, 0.25) is 15.1 Å². The highest BCUT2D eigenvalue weighted by Crippen LogP contribution is 2.24. The average molecular weight is 505 g/mol. The van der Waals surface area contributed by atoms with E-state index in [-0.39, 0.29) is 25.4 Å². The molecule has 9 heteroatoms. The number of hydrogen-bond acceptors (Lipinski definition) is 4. The maximum absolute atomic E-state index is 12.0. The highest BCUT2D eigenvalue weighted by Gasteiger charge is 2.08. The molecule has 2 amide bonds. The van der Waals surface area contributed by atoms with Crippen LogP contribution in [0.25, 0.3) is 0 Å². The molecule has 3 aromatic carbocycles. The predicted octanol–water partition coefficient (Wildman–Crippen LogP) is 6.09. The highest BCUT2D eigenvalue weighted by molar-refractivity contribution is 6.31. The highest BCUT2D eigenvalue weighted by atomic mass is 35.5. The van der Waals surface area contributed by atoms with Crippen LogP contribution in [0.4, 0.5) is 5.69 Å². The van der Waals surface area contributed by atoms with Gasteiger partial charge in [0.25, 0.3) is 0 Å². The molecule has 0 saturated heterocycles. The van der Waals surface area contributed by atoms with Gasteiger partial charge in [0.15, 0.2) is 0 Å². The lowest BCUT2D eigenvalue weighted by molar-refractivity contribution is -0.124. The Labute approximate surface area is 206 Å². The Morgan fingerprint density at radius 2 is 1.64 bits per heavy atom. The number of halogens is 3. The Morgan fingerprint density at radius 1 is 0.879 bits per heavy atom. The third-order valence-electron chi connectivity index (χ3n) is 4.39. The van der Waals surface area contributed by atoms with E-state index in [9.17, 15) is 9.59 Å². The SMILES string of the molecule is O=C(CCC(=O)Nc1cccc(Cl)c1)NN=Cc1cc(Cl)ccc1OCc1ccccc1Cl. The summed E-state index contributed by atoms with van der Waals surface area (Å²) in [5, 5.41) is 8.24. The fraction of sp³-hybridized carbons (Fsp3) is 0.125. The third kappa shape index (κ3) is 8.09. The molecule has 170 valence electrons. The van der Waals surface area contributed by atoms with Crippen LogP contribution in [0.1, 0.15) is 24.0 Å². The number of nitrogens with one attached hydrogen (secondary N) is 2. The summed E-state index contributed by atoms with van der Waals surface area (Å²) >= 11 is 18.1. The number of amides is 2. The molecule has 0 fully saturated rings. The third-order valence-corrected chi connectivity index (χ3v) is 5.23. The van der Waals surface area contributed by atoms with Gasteiger partial charge >= 0.3 is 0 Å². The van der Waals surface area contributed by atoms with Gasteiger partial charge in [-0.15, -0.1) is 0 Å². The summed E-state index contributed by atoms with van der Waals surface area (Å²) in [5.41, 5.74) is 4.38. The van der Waals surface area contributed by atoms with Crippen molar-refractivity contribution < 1.29 is 14.3 Å². The van der Waals surface area contributed by atoms with Crippen LogP contribution in [-0.4, -0.2) is 18.0 Å². The Kier molecular flexibility index (Phi) is 9.13. The van der Waals surface area contributed by atoms with Crippen LogP contribution in [-0.2, 0) is 16.2 Å². The zero-order valence-corrected chi connectivity index (χ0v) is 19.6. The fourth-order valence-corrected chi connectivity index (χ4v) is 3.33. The summed E-state index contributed by atoms with van der Waals surface area (Å²) in [4.78, 5) is 24.1. The van der Waals surface area contributed by atoms with Gasteiger partial charge in [-0.05, 0) is 42.5 Å². The summed E-state index contributed by atoms with van der Waals surface area (Å²) in [6, 6.07) is 19.2. The number of ether oxygens (including phenoxy) is 1. The van der Waals surface area contributed by atoms with Crippen LogP contribution in [0.3, 0.4) is 0 Å². The lowest BCUT2D eigenvalue weighted by atomic mass is 10.2. The minimum Gasteiger partial charge on any atom is -0.488 e. The van der Waals surface area contributed by atoms with Gasteiger partial charge in [-0.2, -0.15) is 5.10 Å². The van der Waals surface area contributed by atoms with Crippen LogP contribution < -0.4 is 15.5 Å². The molecular weight excluding hydrogens is 485 g/mol. The minimum absolute atomic E-state index is 0.00275. The molecule has 0 heterocycles. The maximum Gasteiger partial charge on any atom is 0.240 e. The summed E-state index contributed by atoms with van der Waals surface area (Å²) in [5.74, 6) is -0.187. The van der Waals surface area contributed by atoms with Crippen molar-refractivity contribution in [2.24, 2.45) is 5.10 Å². The van der Waals surface area contributed by atoms with Crippen LogP contribution in [0, 0.1) is 0 Å². The first kappa shape index (κ1) is 24.6. The Balaban J connectivity index is 1.51. The van der Waals surface area contributed by atoms with Gasteiger partial charge in [0.1, 0.15) is 12.4 Å². The average Bonchev–Trinajstić information content (AvgIpc) is 2.78. The van der Waals surface area contributed by atoms with Crippen molar-refractivity contribution in [3.05, 3.63) is 92.9 Å². The molecule has 0 spiro atoms. The molecule has 0 aliphatic rings. The molecule has 6 nitrogen and oxygen atoms in total. The van der Waals surface area contributed by atoms with Gasteiger partial charge in [-0.25, -0.2) is 5.43 Å². The monoisotopic (exact) mass is 503 g/mol. The molecule has 33 heavy (non-hydrogen) atoms. The second-order valence-electron chi connectivity index (χ2n) is 6.91. The van der Waals surface area contributed by atoms with Crippen LogP contribution in [0.15, 0.2) is 71.8 Å². The van der Waals surface area contributed by atoms with E-state index in [1.54, 1.807) is 48.5 Å². The van der Waals surface area contributed by atoms with Crippen molar-refractivity contribution >= 4 is 58.5 Å². The molecular formula is C24H20Cl3N3O3. The Hall–Kier alpha value is -3.06. The number of carbonyl (C=O) groups is 2. The summed E-state index contributed by atoms with van der Waals surface area (Å²) in [7, 11) is 0. The van der Waals surface area contributed by atoms with Crippen LogP contribution >= 0.6 is 34.8 Å². The van der Waals surface area contributed by atoms with Gasteiger partial charge < -0.3 is 10.1 Å². The lowest BCUT2D eigenvalue weighted by Crippen LogP contribution is -2.20. The number of hydrazone groups is 1.